The number of likely N-dealkylation sites (tertiary alicyclic amines) is 1. The van der Waals surface area contributed by atoms with Crippen molar-refractivity contribution in [3.63, 3.8) is 0 Å². The third-order valence-electron chi connectivity index (χ3n) is 6.95. The van der Waals surface area contributed by atoms with Crippen molar-refractivity contribution in [2.45, 2.75) is 26.3 Å². The Hall–Kier alpha value is -3.69. The van der Waals surface area contributed by atoms with Crippen molar-refractivity contribution >= 4 is 23.1 Å². The van der Waals surface area contributed by atoms with Crippen molar-refractivity contribution in [1.82, 2.24) is 19.2 Å². The van der Waals surface area contributed by atoms with Crippen LogP contribution in [-0.2, 0) is 14.3 Å². The molecule has 2 aliphatic heterocycles. The van der Waals surface area contributed by atoms with Crippen LogP contribution in [0.3, 0.4) is 0 Å². The fraction of sp³-hybridized carbons (Fsp3) is 0.393. The number of aryl methyl sites for hydroxylation is 1. The third-order valence-corrected chi connectivity index (χ3v) is 6.95. The lowest BCUT2D eigenvalue weighted by molar-refractivity contribution is -0.140. The van der Waals surface area contributed by atoms with Crippen LogP contribution in [0.4, 0.5) is 0 Å². The minimum Gasteiger partial charge on any atom is -0.505 e. The molecule has 37 heavy (non-hydrogen) atoms. The number of ether oxygens (including phenoxy) is 2. The van der Waals surface area contributed by atoms with E-state index in [-0.39, 0.29) is 11.3 Å². The summed E-state index contributed by atoms with van der Waals surface area (Å²) in [7, 11) is 0. The largest absolute Gasteiger partial charge is 0.505 e. The van der Waals surface area contributed by atoms with E-state index >= 15 is 0 Å². The van der Waals surface area contributed by atoms with Crippen LogP contribution >= 0.6 is 0 Å². The first kappa shape index (κ1) is 25.0. The normalized spacial score (nSPS) is 20.2. The molecule has 5 rings (SSSR count). The standard InChI is InChI=1S/C28H32N4O5/c1-3-37-21-10-8-20(9-11-21)25-23(26(33)24-19(2)29-22-7-4-5-13-31(22)24)27(34)28(35)32(25)14-6-12-30-15-17-36-18-16-30/h4-5,7-11,13,25,33H,3,6,12,14-18H2,1-2H3/t25-/m1/s1. The third kappa shape index (κ3) is 4.84. The molecule has 0 radical (unpaired) electrons. The van der Waals surface area contributed by atoms with E-state index in [0.29, 0.717) is 55.6 Å². The number of carbonyl (C=O) groups excluding carboxylic acids is 2. The van der Waals surface area contributed by atoms with E-state index in [1.165, 1.54) is 0 Å². The number of rotatable bonds is 8. The van der Waals surface area contributed by atoms with E-state index in [1.807, 2.05) is 49.4 Å². The number of carbonyl (C=O) groups is 2. The number of Topliss-reactive ketones (excluding diaryl/α,β-unsaturated/α-hetero) is 1. The number of benzene rings is 1. The minimum absolute atomic E-state index is 0.0780. The summed E-state index contributed by atoms with van der Waals surface area (Å²) in [4.78, 5) is 35.2. The Balaban J connectivity index is 1.54. The average molecular weight is 505 g/mol. The maximum atomic E-state index is 13.4. The quantitative estimate of drug-likeness (QED) is 0.286. The summed E-state index contributed by atoms with van der Waals surface area (Å²) >= 11 is 0. The highest BCUT2D eigenvalue weighted by Gasteiger charge is 2.46. The van der Waals surface area contributed by atoms with Gasteiger partial charge in [0.2, 0.25) is 0 Å². The predicted octanol–water partition coefficient (Wildman–Crippen LogP) is 3.19. The van der Waals surface area contributed by atoms with E-state index in [4.69, 9.17) is 9.47 Å². The number of ketones is 1. The van der Waals surface area contributed by atoms with Gasteiger partial charge >= 0.3 is 0 Å². The summed E-state index contributed by atoms with van der Waals surface area (Å²) in [6.45, 7) is 8.54. The number of morpholine rings is 1. The predicted molar refractivity (Wildman–Crippen MR) is 138 cm³/mol. The van der Waals surface area contributed by atoms with Crippen molar-refractivity contribution < 1.29 is 24.2 Å². The zero-order valence-corrected chi connectivity index (χ0v) is 21.2. The van der Waals surface area contributed by atoms with Crippen molar-refractivity contribution in [3.05, 3.63) is 71.2 Å². The SMILES string of the molecule is CCOc1ccc([C@@H]2C(=C(O)c3c(C)nc4ccccn34)C(=O)C(=O)N2CCCN2CCOCC2)cc1. The zero-order valence-electron chi connectivity index (χ0n) is 21.2. The number of imidazole rings is 1. The lowest BCUT2D eigenvalue weighted by atomic mass is 9.96. The number of aliphatic hydroxyl groups excluding tert-OH is 1. The monoisotopic (exact) mass is 504 g/mol. The highest BCUT2D eigenvalue weighted by Crippen LogP contribution is 2.40. The molecule has 1 amide bonds. The van der Waals surface area contributed by atoms with Crippen LogP contribution in [0.5, 0.6) is 5.75 Å². The maximum Gasteiger partial charge on any atom is 0.295 e. The van der Waals surface area contributed by atoms with Gasteiger partial charge in [-0.2, -0.15) is 0 Å². The van der Waals surface area contributed by atoms with Crippen molar-refractivity contribution in [2.75, 3.05) is 46.0 Å². The van der Waals surface area contributed by atoms with Crippen LogP contribution in [0, 0.1) is 6.92 Å². The summed E-state index contributed by atoms with van der Waals surface area (Å²) in [5.41, 5.74) is 2.46. The summed E-state index contributed by atoms with van der Waals surface area (Å²) in [5.74, 6) is -0.806. The number of amides is 1. The number of pyridine rings is 1. The van der Waals surface area contributed by atoms with Gasteiger partial charge in [-0.1, -0.05) is 18.2 Å². The molecule has 4 heterocycles. The molecule has 2 aromatic heterocycles. The molecular formula is C28H32N4O5. The second kappa shape index (κ2) is 10.7. The summed E-state index contributed by atoms with van der Waals surface area (Å²) in [5, 5.41) is 11.6. The van der Waals surface area contributed by atoms with Gasteiger partial charge < -0.3 is 19.5 Å². The van der Waals surface area contributed by atoms with Crippen LogP contribution in [0.15, 0.2) is 54.2 Å². The van der Waals surface area contributed by atoms with E-state index < -0.39 is 17.7 Å². The fourth-order valence-corrected chi connectivity index (χ4v) is 5.19. The molecule has 0 aliphatic carbocycles. The Morgan fingerprint density at radius 2 is 1.86 bits per heavy atom. The second-order valence-electron chi connectivity index (χ2n) is 9.28. The Morgan fingerprint density at radius 1 is 1.11 bits per heavy atom. The lowest BCUT2D eigenvalue weighted by Crippen LogP contribution is -2.38. The van der Waals surface area contributed by atoms with Crippen molar-refractivity contribution in [1.29, 1.82) is 0 Å². The van der Waals surface area contributed by atoms with E-state index in [2.05, 4.69) is 9.88 Å². The molecule has 1 atom stereocenters. The molecule has 0 spiro atoms. The molecule has 9 heteroatoms. The van der Waals surface area contributed by atoms with Gasteiger partial charge in [-0.25, -0.2) is 4.98 Å². The van der Waals surface area contributed by atoms with E-state index in [0.717, 1.165) is 25.2 Å². The van der Waals surface area contributed by atoms with Crippen LogP contribution in [-0.4, -0.2) is 82.0 Å². The Bertz CT molecular complexity index is 1320. The number of aliphatic hydroxyl groups is 1. The van der Waals surface area contributed by atoms with Gasteiger partial charge in [0.05, 0.1) is 37.1 Å². The summed E-state index contributed by atoms with van der Waals surface area (Å²) in [6.07, 6.45) is 2.49. The smallest absolute Gasteiger partial charge is 0.295 e. The molecule has 1 aromatic carbocycles. The molecule has 1 N–H and O–H groups in total. The van der Waals surface area contributed by atoms with Gasteiger partial charge in [-0.05, 0) is 50.1 Å². The van der Waals surface area contributed by atoms with Crippen LogP contribution in [0.2, 0.25) is 0 Å². The van der Waals surface area contributed by atoms with Gasteiger partial charge in [0.25, 0.3) is 11.7 Å². The van der Waals surface area contributed by atoms with Crippen molar-refractivity contribution in [2.24, 2.45) is 0 Å². The van der Waals surface area contributed by atoms with Crippen LogP contribution < -0.4 is 4.74 Å². The molecule has 0 saturated carbocycles. The first-order valence-corrected chi connectivity index (χ1v) is 12.7. The molecule has 0 unspecified atom stereocenters. The number of hydrogen-bond donors (Lipinski definition) is 1. The van der Waals surface area contributed by atoms with Crippen molar-refractivity contribution in [3.8, 4) is 5.75 Å². The highest BCUT2D eigenvalue weighted by molar-refractivity contribution is 6.46. The minimum atomic E-state index is -0.714. The number of hydrogen-bond acceptors (Lipinski definition) is 7. The molecule has 0 bridgehead atoms. The number of fused-ring (bicyclic) bond motifs is 1. The first-order chi connectivity index (χ1) is 18.0. The Kier molecular flexibility index (Phi) is 7.25. The molecule has 9 nitrogen and oxygen atoms in total. The summed E-state index contributed by atoms with van der Waals surface area (Å²) in [6, 6.07) is 12.2. The zero-order chi connectivity index (χ0) is 25.9. The Labute approximate surface area is 215 Å². The molecule has 3 aromatic rings. The Morgan fingerprint density at radius 3 is 2.59 bits per heavy atom. The molecule has 2 fully saturated rings. The number of nitrogens with zero attached hydrogens (tertiary/aromatic N) is 4. The molecule has 194 valence electrons. The van der Waals surface area contributed by atoms with Crippen LogP contribution in [0.25, 0.3) is 11.4 Å². The number of aromatic nitrogens is 2. The van der Waals surface area contributed by atoms with Gasteiger partial charge in [-0.15, -0.1) is 0 Å². The maximum absolute atomic E-state index is 13.4. The lowest BCUT2D eigenvalue weighted by Gasteiger charge is -2.29. The van der Waals surface area contributed by atoms with E-state index in [1.54, 1.807) is 22.4 Å². The van der Waals surface area contributed by atoms with Gasteiger partial charge in [0, 0.05) is 32.4 Å². The van der Waals surface area contributed by atoms with Gasteiger partial charge in [0.15, 0.2) is 5.76 Å². The van der Waals surface area contributed by atoms with Crippen LogP contribution in [0.1, 0.15) is 36.3 Å². The average Bonchev–Trinajstić information content (AvgIpc) is 3.38. The topological polar surface area (TPSA) is 96.6 Å². The van der Waals surface area contributed by atoms with Gasteiger partial charge in [-0.3, -0.25) is 18.9 Å². The molecular weight excluding hydrogens is 472 g/mol. The molecule has 2 aliphatic rings. The first-order valence-electron chi connectivity index (χ1n) is 12.7. The summed E-state index contributed by atoms with van der Waals surface area (Å²) < 4.78 is 12.8. The molecule has 2 saturated heterocycles. The van der Waals surface area contributed by atoms with E-state index in [9.17, 15) is 14.7 Å². The second-order valence-corrected chi connectivity index (χ2v) is 9.28. The van der Waals surface area contributed by atoms with Gasteiger partial charge in [0.1, 0.15) is 17.1 Å². The highest BCUT2D eigenvalue weighted by atomic mass is 16.5. The fourth-order valence-electron chi connectivity index (χ4n) is 5.19.